The Hall–Kier alpha value is -0.750. The van der Waals surface area contributed by atoms with E-state index in [2.05, 4.69) is 15.9 Å². The van der Waals surface area contributed by atoms with Crippen molar-refractivity contribution in [1.82, 2.24) is 9.03 Å². The molecule has 0 amide bonds. The van der Waals surface area contributed by atoms with E-state index in [1.807, 2.05) is 4.72 Å². The maximum Gasteiger partial charge on any atom is 0.243 e. The molecule has 0 aromatic heterocycles. The van der Waals surface area contributed by atoms with Crippen LogP contribution in [0, 0.1) is 5.82 Å². The third kappa shape index (κ3) is 4.61. The topological polar surface area (TPSA) is 110 Å². The summed E-state index contributed by atoms with van der Waals surface area (Å²) in [6.45, 7) is -0.377. The van der Waals surface area contributed by atoms with Crippen LogP contribution in [0.25, 0.3) is 0 Å². The van der Waals surface area contributed by atoms with E-state index in [1.165, 1.54) is 14.1 Å². The van der Waals surface area contributed by atoms with Gasteiger partial charge in [-0.25, -0.2) is 30.3 Å². The minimum absolute atomic E-state index is 0.0534. The van der Waals surface area contributed by atoms with Crippen LogP contribution in [-0.4, -0.2) is 47.5 Å². The van der Waals surface area contributed by atoms with Crippen molar-refractivity contribution < 1.29 is 21.2 Å². The van der Waals surface area contributed by atoms with E-state index in [9.17, 15) is 21.2 Å². The normalized spacial score (nSPS) is 12.8. The molecule has 0 aliphatic carbocycles. The number of anilines is 1. The molecule has 1 aromatic carbocycles. The van der Waals surface area contributed by atoms with Crippen LogP contribution in [0.4, 0.5) is 10.1 Å². The minimum atomic E-state index is -4.19. The molecule has 0 aliphatic heterocycles. The number of halogens is 2. The average Bonchev–Trinajstić information content (AvgIpc) is 2.32. The highest BCUT2D eigenvalue weighted by Crippen LogP contribution is 2.25. The number of nitrogens with zero attached hydrogens (tertiary/aromatic N) is 1. The van der Waals surface area contributed by atoms with Crippen molar-refractivity contribution in [3.8, 4) is 0 Å². The fourth-order valence-corrected chi connectivity index (χ4v) is 3.61. The van der Waals surface area contributed by atoms with Crippen LogP contribution >= 0.6 is 15.9 Å². The van der Waals surface area contributed by atoms with Gasteiger partial charge >= 0.3 is 0 Å². The van der Waals surface area contributed by atoms with Crippen LogP contribution in [0.3, 0.4) is 0 Å². The highest BCUT2D eigenvalue weighted by atomic mass is 79.9. The van der Waals surface area contributed by atoms with Crippen molar-refractivity contribution in [2.75, 3.05) is 32.1 Å². The summed E-state index contributed by atoms with van der Waals surface area (Å²) in [6, 6.07) is 1.89. The van der Waals surface area contributed by atoms with E-state index in [0.717, 1.165) is 16.4 Å². The lowest BCUT2D eigenvalue weighted by Crippen LogP contribution is -2.34. The predicted octanol–water partition coefficient (Wildman–Crippen LogP) is 0.340. The molecule has 7 nitrogen and oxygen atoms in total. The van der Waals surface area contributed by atoms with Crippen LogP contribution in [0.15, 0.2) is 21.5 Å². The van der Waals surface area contributed by atoms with Crippen LogP contribution in [-0.2, 0) is 20.0 Å². The zero-order valence-electron chi connectivity index (χ0n) is 11.3. The monoisotopic (exact) mass is 403 g/mol. The number of sulfonamides is 2. The fourth-order valence-electron chi connectivity index (χ4n) is 1.32. The van der Waals surface area contributed by atoms with Gasteiger partial charge in [0.15, 0.2) is 0 Å². The molecule has 3 N–H and O–H groups in total. The number of nitrogens with two attached hydrogens (primary N) is 1. The largest absolute Gasteiger partial charge is 0.398 e. The molecule has 0 bridgehead atoms. The maximum atomic E-state index is 13.7. The van der Waals surface area contributed by atoms with Gasteiger partial charge in [-0.15, -0.1) is 0 Å². The number of nitrogens with one attached hydrogen (secondary N) is 1. The van der Waals surface area contributed by atoms with Crippen LogP contribution in [0.2, 0.25) is 0 Å². The SMILES string of the molecule is CN(C)S(=O)(=O)CCNS(=O)(=O)c1cc(N)c(Br)cc1F. The van der Waals surface area contributed by atoms with Crippen molar-refractivity contribution >= 4 is 41.7 Å². The second-order valence-corrected chi connectivity index (χ2v) is 9.19. The molecule has 0 radical (unpaired) electrons. The summed E-state index contributed by atoms with van der Waals surface area (Å²) in [5, 5.41) is 0. The Labute approximate surface area is 131 Å². The minimum Gasteiger partial charge on any atom is -0.398 e. The first-order valence-corrected chi connectivity index (χ1v) is 9.50. The molecule has 0 unspecified atom stereocenters. The second-order valence-electron chi connectivity index (χ2n) is 4.30. The molecule has 1 rings (SSSR count). The van der Waals surface area contributed by atoms with E-state index in [1.54, 1.807) is 0 Å². The lowest BCUT2D eigenvalue weighted by molar-refractivity contribution is 0.519. The number of hydrogen-bond acceptors (Lipinski definition) is 5. The molecular formula is C10H15BrFN3O4S2. The third-order valence-corrected chi connectivity index (χ3v) is 6.54. The third-order valence-electron chi connectivity index (χ3n) is 2.55. The zero-order chi connectivity index (χ0) is 16.4. The summed E-state index contributed by atoms with van der Waals surface area (Å²) < 4.78 is 63.8. The van der Waals surface area contributed by atoms with Crippen molar-refractivity contribution in [3.63, 3.8) is 0 Å². The standard InChI is InChI=1S/C10H15BrFN3O4S2/c1-15(2)20(16,17)4-3-14-21(18,19)10-6-9(13)7(11)5-8(10)12/h5-6,14H,3-4,13H2,1-2H3. The van der Waals surface area contributed by atoms with E-state index in [-0.39, 0.29) is 16.7 Å². The Morgan fingerprint density at radius 3 is 2.38 bits per heavy atom. The van der Waals surface area contributed by atoms with Gasteiger partial charge in [0, 0.05) is 30.8 Å². The molecule has 21 heavy (non-hydrogen) atoms. The lowest BCUT2D eigenvalue weighted by Gasteiger charge is -2.12. The summed E-state index contributed by atoms with van der Waals surface area (Å²) >= 11 is 2.98. The van der Waals surface area contributed by atoms with E-state index < -0.39 is 36.5 Å². The number of benzene rings is 1. The molecule has 0 aliphatic rings. The summed E-state index contributed by atoms with van der Waals surface area (Å²) in [6.07, 6.45) is 0. The first-order valence-electron chi connectivity index (χ1n) is 5.62. The van der Waals surface area contributed by atoms with Gasteiger partial charge in [0.2, 0.25) is 20.0 Å². The van der Waals surface area contributed by atoms with E-state index in [4.69, 9.17) is 5.73 Å². The smallest absolute Gasteiger partial charge is 0.243 e. The van der Waals surface area contributed by atoms with Gasteiger partial charge in [0.1, 0.15) is 10.7 Å². The molecule has 0 fully saturated rings. The van der Waals surface area contributed by atoms with Gasteiger partial charge < -0.3 is 5.73 Å². The zero-order valence-corrected chi connectivity index (χ0v) is 14.5. The molecule has 120 valence electrons. The van der Waals surface area contributed by atoms with Gasteiger partial charge in [0.25, 0.3) is 0 Å². The first-order chi connectivity index (χ1) is 9.47. The quantitative estimate of drug-likeness (QED) is 0.665. The van der Waals surface area contributed by atoms with Gasteiger partial charge in [-0.3, -0.25) is 0 Å². The Kier molecular flexibility index (Phi) is 5.72. The highest BCUT2D eigenvalue weighted by Gasteiger charge is 2.22. The molecular weight excluding hydrogens is 389 g/mol. The van der Waals surface area contributed by atoms with Crippen molar-refractivity contribution in [2.24, 2.45) is 0 Å². The molecule has 0 spiro atoms. The Balaban J connectivity index is 2.92. The summed E-state index contributed by atoms with van der Waals surface area (Å²) in [5.41, 5.74) is 5.57. The van der Waals surface area contributed by atoms with Gasteiger partial charge in [-0.05, 0) is 28.1 Å². The molecule has 0 saturated carbocycles. The Morgan fingerprint density at radius 2 is 1.86 bits per heavy atom. The Morgan fingerprint density at radius 1 is 1.29 bits per heavy atom. The summed E-state index contributed by atoms with van der Waals surface area (Å²) in [7, 11) is -5.07. The van der Waals surface area contributed by atoms with Gasteiger partial charge in [0.05, 0.1) is 5.75 Å². The number of rotatable bonds is 6. The second kappa shape index (κ2) is 6.57. The molecule has 0 heterocycles. The molecule has 1 aromatic rings. The Bertz CT molecular complexity index is 735. The highest BCUT2D eigenvalue weighted by molar-refractivity contribution is 9.10. The van der Waals surface area contributed by atoms with Crippen molar-refractivity contribution in [3.05, 3.63) is 22.4 Å². The average molecular weight is 404 g/mol. The first kappa shape index (κ1) is 18.3. The molecule has 11 heteroatoms. The number of hydrogen-bond donors (Lipinski definition) is 2. The number of nitrogen functional groups attached to an aromatic ring is 1. The molecule has 0 saturated heterocycles. The maximum absolute atomic E-state index is 13.7. The van der Waals surface area contributed by atoms with E-state index >= 15 is 0 Å². The van der Waals surface area contributed by atoms with E-state index in [0.29, 0.717) is 0 Å². The fraction of sp³-hybridized carbons (Fsp3) is 0.400. The molecule has 0 atom stereocenters. The van der Waals surface area contributed by atoms with Gasteiger partial charge in [-0.2, -0.15) is 0 Å². The van der Waals surface area contributed by atoms with Crippen molar-refractivity contribution in [1.29, 1.82) is 0 Å². The van der Waals surface area contributed by atoms with Crippen LogP contribution < -0.4 is 10.5 Å². The summed E-state index contributed by atoms with van der Waals surface area (Å²) in [5.74, 6) is -1.42. The predicted molar refractivity (Wildman–Crippen MR) is 81.2 cm³/mol. The summed E-state index contributed by atoms with van der Waals surface area (Å²) in [4.78, 5) is -0.634. The lowest BCUT2D eigenvalue weighted by atomic mass is 10.3. The van der Waals surface area contributed by atoms with Crippen LogP contribution in [0.1, 0.15) is 0 Å². The van der Waals surface area contributed by atoms with Gasteiger partial charge in [-0.1, -0.05) is 0 Å². The van der Waals surface area contributed by atoms with Crippen molar-refractivity contribution in [2.45, 2.75) is 4.90 Å². The van der Waals surface area contributed by atoms with Crippen LogP contribution in [0.5, 0.6) is 0 Å².